The Morgan fingerprint density at radius 3 is 2.89 bits per heavy atom. The van der Waals surface area contributed by atoms with Crippen LogP contribution in [0, 0.1) is 5.92 Å². The molecule has 0 radical (unpaired) electrons. The van der Waals surface area contributed by atoms with Gasteiger partial charge in [-0.05, 0) is 37.3 Å². The predicted octanol–water partition coefficient (Wildman–Crippen LogP) is 3.35. The van der Waals surface area contributed by atoms with Crippen LogP contribution in [0.25, 0.3) is 0 Å². The lowest BCUT2D eigenvalue weighted by Crippen LogP contribution is -2.33. The number of thiophene rings is 1. The highest BCUT2D eigenvalue weighted by atomic mass is 32.1. The maximum Gasteiger partial charge on any atom is 0.0300 e. The second kappa shape index (κ2) is 7.93. The lowest BCUT2D eigenvalue weighted by molar-refractivity contribution is 0.233. The van der Waals surface area contributed by atoms with Gasteiger partial charge in [0, 0.05) is 31.1 Å². The summed E-state index contributed by atoms with van der Waals surface area (Å²) in [7, 11) is 2.27. The highest BCUT2D eigenvalue weighted by Crippen LogP contribution is 2.23. The minimum atomic E-state index is 0.959. The summed E-state index contributed by atoms with van der Waals surface area (Å²) in [5.41, 5.74) is 0. The number of hydrogen-bond donors (Lipinski definition) is 1. The van der Waals surface area contributed by atoms with E-state index in [4.69, 9.17) is 0 Å². The molecule has 1 saturated carbocycles. The van der Waals surface area contributed by atoms with Crippen LogP contribution in [0.1, 0.15) is 37.0 Å². The van der Waals surface area contributed by atoms with E-state index >= 15 is 0 Å². The molecule has 0 unspecified atom stereocenters. The Morgan fingerprint density at radius 1 is 1.33 bits per heavy atom. The molecule has 1 N–H and O–H groups in total. The third-order valence-corrected chi connectivity index (χ3v) is 4.72. The number of hydrogen-bond acceptors (Lipinski definition) is 3. The van der Waals surface area contributed by atoms with E-state index in [1.807, 2.05) is 11.3 Å². The first-order valence-electron chi connectivity index (χ1n) is 7.26. The van der Waals surface area contributed by atoms with E-state index in [-0.39, 0.29) is 0 Å². The van der Waals surface area contributed by atoms with Crippen molar-refractivity contribution in [1.82, 2.24) is 10.2 Å². The average Bonchev–Trinajstić information content (AvgIpc) is 2.89. The molecule has 3 heteroatoms. The number of nitrogens with zero attached hydrogens (tertiary/aromatic N) is 1. The molecule has 0 saturated heterocycles. The fourth-order valence-corrected chi connectivity index (χ4v) is 3.47. The third-order valence-electron chi connectivity index (χ3n) is 3.84. The van der Waals surface area contributed by atoms with E-state index in [0.29, 0.717) is 0 Å². The molecule has 1 aliphatic carbocycles. The van der Waals surface area contributed by atoms with Crippen molar-refractivity contribution < 1.29 is 0 Å². The smallest absolute Gasteiger partial charge is 0.0300 e. The molecule has 0 amide bonds. The van der Waals surface area contributed by atoms with E-state index < -0.39 is 0 Å². The minimum Gasteiger partial charge on any atom is -0.311 e. The quantitative estimate of drug-likeness (QED) is 0.761. The van der Waals surface area contributed by atoms with Gasteiger partial charge < -0.3 is 10.2 Å². The second-order valence-electron chi connectivity index (χ2n) is 5.52. The monoisotopic (exact) mass is 266 g/mol. The molecule has 18 heavy (non-hydrogen) atoms. The van der Waals surface area contributed by atoms with E-state index in [1.165, 1.54) is 50.1 Å². The summed E-state index contributed by atoms with van der Waals surface area (Å²) in [4.78, 5) is 3.93. The summed E-state index contributed by atoms with van der Waals surface area (Å²) < 4.78 is 0. The molecule has 1 heterocycles. The fraction of sp³-hybridized carbons (Fsp3) is 0.733. The van der Waals surface area contributed by atoms with E-state index in [0.717, 1.165) is 19.0 Å². The Morgan fingerprint density at radius 2 is 2.17 bits per heavy atom. The Balaban J connectivity index is 1.52. The Hall–Kier alpha value is -0.380. The molecule has 1 fully saturated rings. The van der Waals surface area contributed by atoms with Crippen LogP contribution in [0.3, 0.4) is 0 Å². The van der Waals surface area contributed by atoms with Crippen LogP contribution in [0.5, 0.6) is 0 Å². The van der Waals surface area contributed by atoms with Crippen molar-refractivity contribution in [2.75, 3.05) is 26.7 Å². The molecule has 0 spiro atoms. The number of nitrogens with one attached hydrogen (secondary N) is 1. The zero-order valence-electron chi connectivity index (χ0n) is 11.5. The lowest BCUT2D eigenvalue weighted by atomic mass is 9.89. The third kappa shape index (κ3) is 5.09. The van der Waals surface area contributed by atoms with Gasteiger partial charge in [-0.1, -0.05) is 25.3 Å². The first kappa shape index (κ1) is 14.0. The van der Waals surface area contributed by atoms with Gasteiger partial charge in [-0.2, -0.15) is 0 Å². The van der Waals surface area contributed by atoms with Crippen molar-refractivity contribution in [1.29, 1.82) is 0 Å². The largest absolute Gasteiger partial charge is 0.311 e. The van der Waals surface area contributed by atoms with Gasteiger partial charge in [0.1, 0.15) is 0 Å². The molecule has 0 atom stereocenters. The van der Waals surface area contributed by atoms with Gasteiger partial charge in [-0.25, -0.2) is 0 Å². The van der Waals surface area contributed by atoms with Gasteiger partial charge in [-0.15, -0.1) is 11.3 Å². The molecule has 1 aromatic rings. The first-order chi connectivity index (χ1) is 8.84. The molecule has 0 aliphatic heterocycles. The summed E-state index contributed by atoms with van der Waals surface area (Å²) in [6.07, 6.45) is 7.27. The molecule has 1 aromatic heterocycles. The van der Waals surface area contributed by atoms with Crippen LogP contribution in [-0.2, 0) is 6.54 Å². The maximum absolute atomic E-state index is 3.52. The molecule has 0 aromatic carbocycles. The van der Waals surface area contributed by atoms with Crippen LogP contribution >= 0.6 is 11.3 Å². The van der Waals surface area contributed by atoms with Crippen LogP contribution < -0.4 is 5.32 Å². The molecule has 2 nitrogen and oxygen atoms in total. The van der Waals surface area contributed by atoms with Crippen molar-refractivity contribution in [3.05, 3.63) is 22.4 Å². The van der Waals surface area contributed by atoms with Gasteiger partial charge in [0.25, 0.3) is 0 Å². The average molecular weight is 266 g/mol. The van der Waals surface area contributed by atoms with Crippen molar-refractivity contribution in [3.8, 4) is 0 Å². The zero-order chi connectivity index (χ0) is 12.6. The SMILES string of the molecule is CN(CCNCc1cccs1)CC1CCCCC1. The Labute approximate surface area is 115 Å². The van der Waals surface area contributed by atoms with Gasteiger partial charge in [-0.3, -0.25) is 0 Å². The molecule has 1 aliphatic rings. The van der Waals surface area contributed by atoms with Crippen LogP contribution in [0.4, 0.5) is 0 Å². The lowest BCUT2D eigenvalue weighted by Gasteiger charge is -2.27. The Bertz CT molecular complexity index is 304. The zero-order valence-corrected chi connectivity index (χ0v) is 12.3. The Kier molecular flexibility index (Phi) is 6.18. The van der Waals surface area contributed by atoms with Crippen LogP contribution in [-0.4, -0.2) is 31.6 Å². The summed E-state index contributed by atoms with van der Waals surface area (Å²) in [6.45, 7) is 4.58. The van der Waals surface area contributed by atoms with Crippen molar-refractivity contribution in [2.24, 2.45) is 5.92 Å². The van der Waals surface area contributed by atoms with Crippen molar-refractivity contribution in [3.63, 3.8) is 0 Å². The number of likely N-dealkylation sites (N-methyl/N-ethyl adjacent to an activating group) is 1. The van der Waals surface area contributed by atoms with Crippen LogP contribution in [0.2, 0.25) is 0 Å². The van der Waals surface area contributed by atoms with Crippen molar-refractivity contribution >= 4 is 11.3 Å². The summed E-state index contributed by atoms with van der Waals surface area (Å²) >= 11 is 1.83. The predicted molar refractivity (Wildman–Crippen MR) is 80.1 cm³/mol. The van der Waals surface area contributed by atoms with Gasteiger partial charge in [0.05, 0.1) is 0 Å². The highest BCUT2D eigenvalue weighted by Gasteiger charge is 2.14. The van der Waals surface area contributed by atoms with Crippen LogP contribution in [0.15, 0.2) is 17.5 Å². The minimum absolute atomic E-state index is 0.959. The van der Waals surface area contributed by atoms with E-state index in [1.54, 1.807) is 0 Å². The maximum atomic E-state index is 3.52. The first-order valence-corrected chi connectivity index (χ1v) is 8.14. The summed E-state index contributed by atoms with van der Waals surface area (Å²) in [5.74, 6) is 0.959. The normalized spacial score (nSPS) is 17.4. The topological polar surface area (TPSA) is 15.3 Å². The highest BCUT2D eigenvalue weighted by molar-refractivity contribution is 7.09. The van der Waals surface area contributed by atoms with Gasteiger partial charge in [0.2, 0.25) is 0 Å². The van der Waals surface area contributed by atoms with Gasteiger partial charge >= 0.3 is 0 Å². The molecule has 2 rings (SSSR count). The fourth-order valence-electron chi connectivity index (χ4n) is 2.80. The molecule has 0 bridgehead atoms. The summed E-state index contributed by atoms with van der Waals surface area (Å²) in [5, 5.41) is 5.67. The molecular formula is C15H26N2S. The second-order valence-corrected chi connectivity index (χ2v) is 6.55. The van der Waals surface area contributed by atoms with E-state index in [9.17, 15) is 0 Å². The van der Waals surface area contributed by atoms with Gasteiger partial charge in [0.15, 0.2) is 0 Å². The molecular weight excluding hydrogens is 240 g/mol. The standard InChI is InChI=1S/C15H26N2S/c1-17(13-14-6-3-2-4-7-14)10-9-16-12-15-8-5-11-18-15/h5,8,11,14,16H,2-4,6-7,9-10,12-13H2,1H3. The molecule has 102 valence electrons. The number of rotatable bonds is 7. The van der Waals surface area contributed by atoms with E-state index in [2.05, 4.69) is 34.8 Å². The summed E-state index contributed by atoms with van der Waals surface area (Å²) in [6, 6.07) is 4.32. The van der Waals surface area contributed by atoms with Crippen molar-refractivity contribution in [2.45, 2.75) is 38.6 Å².